The van der Waals surface area contributed by atoms with Crippen LogP contribution in [0.2, 0.25) is 0 Å². The first-order valence-corrected chi connectivity index (χ1v) is 15.2. The normalized spacial score (nSPS) is 26.9. The summed E-state index contributed by atoms with van der Waals surface area (Å²) in [6, 6.07) is 20.1. The molecule has 4 aliphatic heterocycles. The van der Waals surface area contributed by atoms with Crippen LogP contribution in [-0.4, -0.2) is 67.2 Å². The van der Waals surface area contributed by atoms with Crippen molar-refractivity contribution in [2.75, 3.05) is 26.3 Å². The van der Waals surface area contributed by atoms with Gasteiger partial charge >= 0.3 is 11.9 Å². The average Bonchev–Trinajstić information content (AvgIpc) is 3.53. The fourth-order valence-corrected chi connectivity index (χ4v) is 7.94. The second kappa shape index (κ2) is 11.6. The molecular formula is C33H42NO6+. The summed E-state index contributed by atoms with van der Waals surface area (Å²) in [7, 11) is 0. The SMILES string of the molecule is C[C@@H](OC(=O)C1CCOCC1)OC(C(=O)OC1CC2CCC(C1)[N+]21CCCC1)(c1ccccc1)c1ccccc1. The number of carbonyl (C=O) groups excluding carboxylic acids is 2. The molecule has 1 spiro atoms. The summed E-state index contributed by atoms with van der Waals surface area (Å²) in [5, 5.41) is 0. The minimum absolute atomic E-state index is 0.148. The summed E-state index contributed by atoms with van der Waals surface area (Å²) >= 11 is 0. The van der Waals surface area contributed by atoms with E-state index in [2.05, 4.69) is 0 Å². The van der Waals surface area contributed by atoms with E-state index >= 15 is 0 Å². The van der Waals surface area contributed by atoms with Gasteiger partial charge in [-0.05, 0) is 30.9 Å². The number of nitrogens with zero attached hydrogens (tertiary/aromatic N) is 1. The van der Waals surface area contributed by atoms with Gasteiger partial charge < -0.3 is 23.4 Å². The Morgan fingerprint density at radius 1 is 0.850 bits per heavy atom. The maximum absolute atomic E-state index is 14.5. The zero-order chi connectivity index (χ0) is 27.6. The lowest BCUT2D eigenvalue weighted by Gasteiger charge is -2.47. The molecule has 3 atom stereocenters. The number of hydrogen-bond acceptors (Lipinski definition) is 6. The zero-order valence-electron chi connectivity index (χ0n) is 23.5. The Bertz CT molecular complexity index is 1100. The molecule has 4 heterocycles. The summed E-state index contributed by atoms with van der Waals surface area (Å²) < 4.78 is 25.5. The van der Waals surface area contributed by atoms with Gasteiger partial charge in [0.25, 0.3) is 0 Å². The summed E-state index contributed by atoms with van der Waals surface area (Å²) in [5.74, 6) is -0.992. The van der Waals surface area contributed by atoms with Crippen molar-refractivity contribution in [3.63, 3.8) is 0 Å². The molecule has 2 unspecified atom stereocenters. The fourth-order valence-electron chi connectivity index (χ4n) is 7.94. The van der Waals surface area contributed by atoms with Gasteiger partial charge in [-0.15, -0.1) is 0 Å². The number of carbonyl (C=O) groups is 2. The smallest absolute Gasteiger partial charge is 0.348 e. The van der Waals surface area contributed by atoms with E-state index in [0.717, 1.165) is 12.8 Å². The second-order valence-electron chi connectivity index (χ2n) is 12.1. The van der Waals surface area contributed by atoms with Crippen molar-refractivity contribution in [3.8, 4) is 0 Å². The van der Waals surface area contributed by atoms with Gasteiger partial charge in [0.15, 0.2) is 0 Å². The molecule has 0 radical (unpaired) electrons. The van der Waals surface area contributed by atoms with Crippen LogP contribution in [0.25, 0.3) is 0 Å². The van der Waals surface area contributed by atoms with Crippen LogP contribution in [-0.2, 0) is 34.1 Å². The monoisotopic (exact) mass is 548 g/mol. The van der Waals surface area contributed by atoms with Crippen molar-refractivity contribution in [1.29, 1.82) is 0 Å². The van der Waals surface area contributed by atoms with Crippen molar-refractivity contribution in [2.45, 2.75) is 88.4 Å². The Hall–Kier alpha value is -2.74. The zero-order valence-corrected chi connectivity index (χ0v) is 23.5. The first-order chi connectivity index (χ1) is 19.5. The molecule has 4 fully saturated rings. The van der Waals surface area contributed by atoms with Crippen LogP contribution in [0.4, 0.5) is 0 Å². The van der Waals surface area contributed by atoms with Gasteiger partial charge in [-0.1, -0.05) is 60.7 Å². The number of hydrogen-bond donors (Lipinski definition) is 0. The minimum Gasteiger partial charge on any atom is -0.459 e. The molecule has 40 heavy (non-hydrogen) atoms. The highest BCUT2D eigenvalue weighted by molar-refractivity contribution is 5.86. The maximum Gasteiger partial charge on any atom is 0.348 e. The lowest BCUT2D eigenvalue weighted by Crippen LogP contribution is -2.60. The van der Waals surface area contributed by atoms with Crippen LogP contribution in [0.1, 0.15) is 69.4 Å². The quantitative estimate of drug-likeness (QED) is 0.259. The third-order valence-corrected chi connectivity index (χ3v) is 9.86. The maximum atomic E-state index is 14.5. The van der Waals surface area contributed by atoms with Gasteiger partial charge in [0.1, 0.15) is 6.10 Å². The van der Waals surface area contributed by atoms with E-state index in [0.29, 0.717) is 49.3 Å². The van der Waals surface area contributed by atoms with Gasteiger partial charge in [0.2, 0.25) is 11.9 Å². The predicted molar refractivity (Wildman–Crippen MR) is 149 cm³/mol. The van der Waals surface area contributed by atoms with E-state index in [1.807, 2.05) is 60.7 Å². The van der Waals surface area contributed by atoms with Crippen molar-refractivity contribution in [3.05, 3.63) is 71.8 Å². The van der Waals surface area contributed by atoms with Gasteiger partial charge in [-0.3, -0.25) is 4.79 Å². The standard InChI is InChI=1S/C33H42NO6/c1-24(38-31(35)25-16-20-37-21-17-25)40-33(26-10-4-2-5-11-26,27-12-6-3-7-13-27)32(36)39-30-22-28-14-15-29(23-30)34(28)18-8-9-19-34/h2-7,10-13,24-25,28-30H,8-9,14-23H2,1H3/q+1/t24-,28?,29?,30?/m0/s1. The Morgan fingerprint density at radius 2 is 1.40 bits per heavy atom. The number of rotatable bonds is 8. The Balaban J connectivity index is 1.28. The van der Waals surface area contributed by atoms with Crippen LogP contribution >= 0.6 is 0 Å². The van der Waals surface area contributed by atoms with E-state index in [1.54, 1.807) is 6.92 Å². The van der Waals surface area contributed by atoms with Crippen LogP contribution in [0.15, 0.2) is 60.7 Å². The van der Waals surface area contributed by atoms with Crippen molar-refractivity contribution in [2.24, 2.45) is 5.92 Å². The van der Waals surface area contributed by atoms with Crippen molar-refractivity contribution in [1.82, 2.24) is 0 Å². The van der Waals surface area contributed by atoms with Crippen LogP contribution in [0.5, 0.6) is 0 Å². The molecule has 0 aliphatic carbocycles. The van der Waals surface area contributed by atoms with Crippen LogP contribution in [0, 0.1) is 5.92 Å². The Morgan fingerprint density at radius 3 is 1.95 bits per heavy atom. The lowest BCUT2D eigenvalue weighted by atomic mass is 9.85. The molecule has 7 heteroatoms. The highest BCUT2D eigenvalue weighted by atomic mass is 16.7. The van der Waals surface area contributed by atoms with Crippen LogP contribution < -0.4 is 0 Å². The first-order valence-electron chi connectivity index (χ1n) is 15.2. The molecule has 2 aromatic rings. The van der Waals surface area contributed by atoms with Gasteiger partial charge in [0.05, 0.1) is 31.1 Å². The van der Waals surface area contributed by atoms with Crippen molar-refractivity contribution < 1.29 is 33.0 Å². The number of benzene rings is 2. The molecule has 0 amide bonds. The third-order valence-electron chi connectivity index (χ3n) is 9.86. The number of ether oxygens (including phenoxy) is 4. The number of piperidine rings is 1. The van der Waals surface area contributed by atoms with E-state index in [-0.39, 0.29) is 18.0 Å². The molecule has 4 saturated heterocycles. The van der Waals surface area contributed by atoms with E-state index < -0.39 is 17.9 Å². The fraction of sp³-hybridized carbons (Fsp3) is 0.576. The van der Waals surface area contributed by atoms with Gasteiger partial charge in [-0.25, -0.2) is 4.79 Å². The Kier molecular flexibility index (Phi) is 7.98. The topological polar surface area (TPSA) is 71.1 Å². The first kappa shape index (κ1) is 27.4. The van der Waals surface area contributed by atoms with E-state index in [4.69, 9.17) is 18.9 Å². The average molecular weight is 549 g/mol. The molecule has 6 rings (SSSR count). The minimum atomic E-state index is -1.58. The van der Waals surface area contributed by atoms with Crippen molar-refractivity contribution >= 4 is 11.9 Å². The molecule has 7 nitrogen and oxygen atoms in total. The van der Waals surface area contributed by atoms with Gasteiger partial charge in [0, 0.05) is 51.7 Å². The largest absolute Gasteiger partial charge is 0.459 e. The number of esters is 2. The number of quaternary nitrogens is 1. The molecule has 0 saturated carbocycles. The summed E-state index contributed by atoms with van der Waals surface area (Å²) in [6.45, 7) is 5.32. The third kappa shape index (κ3) is 5.08. The summed E-state index contributed by atoms with van der Waals surface area (Å²) in [5.41, 5.74) is -0.266. The Labute approximate surface area is 237 Å². The summed E-state index contributed by atoms with van der Waals surface area (Å²) in [4.78, 5) is 27.5. The highest BCUT2D eigenvalue weighted by Gasteiger charge is 2.57. The molecule has 0 aromatic heterocycles. The molecule has 0 N–H and O–H groups in total. The lowest BCUT2D eigenvalue weighted by molar-refractivity contribution is -0.956. The second-order valence-corrected chi connectivity index (χ2v) is 12.1. The van der Waals surface area contributed by atoms with E-state index in [1.165, 1.54) is 43.3 Å². The van der Waals surface area contributed by atoms with Gasteiger partial charge in [-0.2, -0.15) is 0 Å². The van der Waals surface area contributed by atoms with E-state index in [9.17, 15) is 9.59 Å². The molecule has 2 aromatic carbocycles. The molecule has 2 bridgehead atoms. The summed E-state index contributed by atoms with van der Waals surface area (Å²) in [6.07, 6.45) is 6.98. The molecular weight excluding hydrogens is 506 g/mol. The molecule has 214 valence electrons. The molecule has 4 aliphatic rings. The highest BCUT2D eigenvalue weighted by Crippen LogP contribution is 2.47. The van der Waals surface area contributed by atoms with Crippen LogP contribution in [0.3, 0.4) is 0 Å². The predicted octanol–water partition coefficient (Wildman–Crippen LogP) is 5.11.